The summed E-state index contributed by atoms with van der Waals surface area (Å²) >= 11 is 5.90. The fourth-order valence-corrected chi connectivity index (χ4v) is 2.58. The molecule has 2 rings (SSSR count). The minimum atomic E-state index is -0.336. The van der Waals surface area contributed by atoms with E-state index in [1.807, 2.05) is 12.1 Å². The summed E-state index contributed by atoms with van der Waals surface area (Å²) in [6.07, 6.45) is 5.34. The van der Waals surface area contributed by atoms with E-state index in [1.54, 1.807) is 6.07 Å². The average molecular weight is 235 g/mol. The molecule has 1 fully saturated rings. The number of nitrogens with two attached hydrogens (primary N) is 1. The molecule has 0 heterocycles. The van der Waals surface area contributed by atoms with Crippen LogP contribution in [0.2, 0.25) is 5.02 Å². The lowest BCUT2D eigenvalue weighted by Crippen LogP contribution is -2.27. The Labute approximate surface area is 101 Å². The maximum Gasteiger partial charge on any atom is 0.0823 e. The maximum absolute atomic E-state index is 9.43. The Morgan fingerprint density at radius 2 is 1.94 bits per heavy atom. The van der Waals surface area contributed by atoms with Crippen molar-refractivity contribution in [1.82, 2.24) is 0 Å². The molecular formula is C13H15ClN2. The van der Waals surface area contributed by atoms with Crippen LogP contribution in [0.3, 0.4) is 0 Å². The van der Waals surface area contributed by atoms with Crippen LogP contribution in [-0.4, -0.2) is 0 Å². The van der Waals surface area contributed by atoms with Crippen LogP contribution in [0, 0.1) is 11.3 Å². The van der Waals surface area contributed by atoms with Crippen molar-refractivity contribution in [2.75, 3.05) is 5.73 Å². The molecule has 0 spiro atoms. The van der Waals surface area contributed by atoms with Crippen molar-refractivity contribution in [2.24, 2.45) is 0 Å². The van der Waals surface area contributed by atoms with Gasteiger partial charge in [0.2, 0.25) is 0 Å². The lowest BCUT2D eigenvalue weighted by Gasteiger charge is -2.31. The number of nitrogen functional groups attached to an aromatic ring is 1. The van der Waals surface area contributed by atoms with Gasteiger partial charge in [0.25, 0.3) is 0 Å². The molecule has 84 valence electrons. The molecule has 3 heteroatoms. The van der Waals surface area contributed by atoms with Gasteiger partial charge in [0, 0.05) is 0 Å². The summed E-state index contributed by atoms with van der Waals surface area (Å²) in [6, 6.07) is 8.07. The van der Waals surface area contributed by atoms with E-state index in [9.17, 15) is 5.26 Å². The van der Waals surface area contributed by atoms with E-state index in [2.05, 4.69) is 6.07 Å². The molecule has 1 aromatic carbocycles. The standard InChI is InChI=1S/C13H15ClN2/c14-11-5-4-10(8-12(11)16)13(9-15)6-2-1-3-7-13/h4-5,8H,1-3,6-7,16H2. The summed E-state index contributed by atoms with van der Waals surface area (Å²) in [5.74, 6) is 0. The lowest BCUT2D eigenvalue weighted by atomic mass is 9.70. The molecule has 0 radical (unpaired) electrons. The van der Waals surface area contributed by atoms with Crippen LogP contribution in [0.1, 0.15) is 37.7 Å². The molecule has 0 unspecified atom stereocenters. The Hall–Kier alpha value is -1.20. The average Bonchev–Trinajstić information content (AvgIpc) is 2.33. The third kappa shape index (κ3) is 1.88. The zero-order valence-electron chi connectivity index (χ0n) is 9.17. The predicted molar refractivity (Wildman–Crippen MR) is 66.2 cm³/mol. The minimum Gasteiger partial charge on any atom is -0.398 e. The number of rotatable bonds is 1. The van der Waals surface area contributed by atoms with Crippen LogP contribution in [0.15, 0.2) is 18.2 Å². The number of benzene rings is 1. The minimum absolute atomic E-state index is 0.336. The van der Waals surface area contributed by atoms with Gasteiger partial charge < -0.3 is 5.73 Å². The van der Waals surface area contributed by atoms with Crippen LogP contribution in [0.4, 0.5) is 5.69 Å². The normalized spacial score (nSPS) is 19.0. The summed E-state index contributed by atoms with van der Waals surface area (Å²) in [7, 11) is 0. The van der Waals surface area contributed by atoms with Gasteiger partial charge in [-0.2, -0.15) is 5.26 Å². The Balaban J connectivity index is 2.40. The van der Waals surface area contributed by atoms with Crippen molar-refractivity contribution in [3.63, 3.8) is 0 Å². The highest BCUT2D eigenvalue weighted by atomic mass is 35.5. The second-order valence-corrected chi connectivity index (χ2v) is 4.90. The first-order valence-electron chi connectivity index (χ1n) is 5.65. The number of halogens is 1. The van der Waals surface area contributed by atoms with Gasteiger partial charge in [0.05, 0.1) is 22.2 Å². The molecule has 16 heavy (non-hydrogen) atoms. The molecule has 2 nitrogen and oxygen atoms in total. The molecule has 0 saturated heterocycles. The maximum atomic E-state index is 9.43. The van der Waals surface area contributed by atoms with Gasteiger partial charge >= 0.3 is 0 Å². The van der Waals surface area contributed by atoms with Gasteiger partial charge in [-0.05, 0) is 30.5 Å². The zero-order chi connectivity index (χ0) is 11.6. The van der Waals surface area contributed by atoms with Gasteiger partial charge in [-0.3, -0.25) is 0 Å². The van der Waals surface area contributed by atoms with E-state index < -0.39 is 0 Å². The second kappa shape index (κ2) is 4.35. The van der Waals surface area contributed by atoms with Crippen molar-refractivity contribution in [3.8, 4) is 6.07 Å². The van der Waals surface area contributed by atoms with E-state index in [0.29, 0.717) is 10.7 Å². The second-order valence-electron chi connectivity index (χ2n) is 4.49. The SMILES string of the molecule is N#CC1(c2ccc(Cl)c(N)c2)CCCCC1. The summed E-state index contributed by atoms with van der Waals surface area (Å²) < 4.78 is 0. The quantitative estimate of drug-likeness (QED) is 0.754. The monoisotopic (exact) mass is 234 g/mol. The highest BCUT2D eigenvalue weighted by molar-refractivity contribution is 6.33. The van der Waals surface area contributed by atoms with Crippen molar-refractivity contribution >= 4 is 17.3 Å². The summed E-state index contributed by atoms with van der Waals surface area (Å²) in [5.41, 5.74) is 7.06. The molecule has 0 aliphatic heterocycles. The van der Waals surface area contributed by atoms with Crippen LogP contribution in [-0.2, 0) is 5.41 Å². The summed E-state index contributed by atoms with van der Waals surface area (Å²) in [4.78, 5) is 0. The largest absolute Gasteiger partial charge is 0.398 e. The fourth-order valence-electron chi connectivity index (χ4n) is 2.46. The van der Waals surface area contributed by atoms with E-state index in [0.717, 1.165) is 31.2 Å². The van der Waals surface area contributed by atoms with Crippen LogP contribution in [0.5, 0.6) is 0 Å². The zero-order valence-corrected chi connectivity index (χ0v) is 9.93. The molecule has 0 atom stereocenters. The fraction of sp³-hybridized carbons (Fsp3) is 0.462. The Morgan fingerprint density at radius 3 is 2.50 bits per heavy atom. The molecular weight excluding hydrogens is 220 g/mol. The lowest BCUT2D eigenvalue weighted by molar-refractivity contribution is 0.366. The number of anilines is 1. The van der Waals surface area contributed by atoms with Crippen LogP contribution >= 0.6 is 11.6 Å². The van der Waals surface area contributed by atoms with Gasteiger partial charge in [-0.1, -0.05) is 36.9 Å². The number of nitrogens with zero attached hydrogens (tertiary/aromatic N) is 1. The molecule has 2 N–H and O–H groups in total. The van der Waals surface area contributed by atoms with E-state index in [4.69, 9.17) is 17.3 Å². The van der Waals surface area contributed by atoms with E-state index >= 15 is 0 Å². The Bertz CT molecular complexity index is 428. The highest BCUT2D eigenvalue weighted by Crippen LogP contribution is 2.40. The van der Waals surface area contributed by atoms with E-state index in [-0.39, 0.29) is 5.41 Å². The van der Waals surface area contributed by atoms with Crippen molar-refractivity contribution in [1.29, 1.82) is 5.26 Å². The number of hydrogen-bond acceptors (Lipinski definition) is 2. The summed E-state index contributed by atoms with van der Waals surface area (Å²) in [6.45, 7) is 0. The van der Waals surface area contributed by atoms with Crippen LogP contribution in [0.25, 0.3) is 0 Å². The Morgan fingerprint density at radius 1 is 1.25 bits per heavy atom. The topological polar surface area (TPSA) is 49.8 Å². The first-order chi connectivity index (χ1) is 7.68. The smallest absolute Gasteiger partial charge is 0.0823 e. The molecule has 0 bridgehead atoms. The Kier molecular flexibility index (Phi) is 3.07. The van der Waals surface area contributed by atoms with Crippen molar-refractivity contribution < 1.29 is 0 Å². The number of hydrogen-bond donors (Lipinski definition) is 1. The first kappa shape index (κ1) is 11.3. The molecule has 0 aromatic heterocycles. The number of nitriles is 1. The van der Waals surface area contributed by atoms with Crippen molar-refractivity contribution in [2.45, 2.75) is 37.5 Å². The van der Waals surface area contributed by atoms with Gasteiger partial charge in [-0.15, -0.1) is 0 Å². The summed E-state index contributed by atoms with van der Waals surface area (Å²) in [5, 5.41) is 9.99. The molecule has 1 aliphatic rings. The molecule has 0 amide bonds. The van der Waals surface area contributed by atoms with E-state index in [1.165, 1.54) is 6.42 Å². The van der Waals surface area contributed by atoms with Crippen molar-refractivity contribution in [3.05, 3.63) is 28.8 Å². The molecule has 1 saturated carbocycles. The predicted octanol–water partition coefficient (Wildman–Crippen LogP) is 3.65. The van der Waals surface area contributed by atoms with Crippen LogP contribution < -0.4 is 5.73 Å². The van der Waals surface area contributed by atoms with Gasteiger partial charge in [0.1, 0.15) is 0 Å². The third-order valence-corrected chi connectivity index (χ3v) is 3.81. The molecule has 1 aromatic rings. The third-order valence-electron chi connectivity index (χ3n) is 3.47. The highest BCUT2D eigenvalue weighted by Gasteiger charge is 2.34. The molecule has 1 aliphatic carbocycles. The van der Waals surface area contributed by atoms with Gasteiger partial charge in [0.15, 0.2) is 0 Å². The first-order valence-corrected chi connectivity index (χ1v) is 6.02. The van der Waals surface area contributed by atoms with Gasteiger partial charge in [-0.25, -0.2) is 0 Å².